The minimum atomic E-state index is -4.23. The standard InChI is InChI=1S/C7H6F3N3O/c8-7(9,10)3-1-5-12-6(2-4-11)14-13-5/h1-3H2. The monoisotopic (exact) mass is 205 g/mol. The molecular weight excluding hydrogens is 199 g/mol. The molecule has 4 nitrogen and oxygen atoms in total. The quantitative estimate of drug-likeness (QED) is 0.752. The van der Waals surface area contributed by atoms with Crippen LogP contribution in [0.1, 0.15) is 18.1 Å². The molecule has 0 N–H and O–H groups in total. The Bertz CT molecular complexity index is 339. The second kappa shape index (κ2) is 4.09. The molecule has 0 aliphatic carbocycles. The molecule has 0 unspecified atom stereocenters. The molecule has 0 aliphatic heterocycles. The first-order chi connectivity index (χ1) is 6.51. The molecule has 0 aliphatic rings. The van der Waals surface area contributed by atoms with Gasteiger partial charge in [-0.25, -0.2) is 0 Å². The lowest BCUT2D eigenvalue weighted by molar-refractivity contribution is -0.134. The van der Waals surface area contributed by atoms with E-state index in [0.717, 1.165) is 0 Å². The van der Waals surface area contributed by atoms with Gasteiger partial charge in [0.15, 0.2) is 5.82 Å². The van der Waals surface area contributed by atoms with Crippen LogP contribution >= 0.6 is 0 Å². The molecule has 76 valence electrons. The number of nitrogens with zero attached hydrogens (tertiary/aromatic N) is 3. The van der Waals surface area contributed by atoms with E-state index in [0.29, 0.717) is 0 Å². The zero-order valence-corrected chi connectivity index (χ0v) is 7.01. The zero-order valence-electron chi connectivity index (χ0n) is 7.01. The van der Waals surface area contributed by atoms with Crippen LogP contribution in [0.25, 0.3) is 0 Å². The Hall–Kier alpha value is -1.58. The second-order valence-corrected chi connectivity index (χ2v) is 2.55. The van der Waals surface area contributed by atoms with Gasteiger partial charge in [-0.2, -0.15) is 23.4 Å². The topological polar surface area (TPSA) is 62.7 Å². The Kier molecular flexibility index (Phi) is 3.06. The molecule has 0 saturated carbocycles. The Balaban J connectivity index is 2.49. The van der Waals surface area contributed by atoms with Crippen LogP contribution in [0, 0.1) is 11.3 Å². The number of aromatic nitrogens is 2. The third-order valence-corrected chi connectivity index (χ3v) is 1.37. The molecule has 0 saturated heterocycles. The molecule has 0 fully saturated rings. The van der Waals surface area contributed by atoms with Gasteiger partial charge in [0.1, 0.15) is 6.42 Å². The molecule has 0 amide bonds. The molecule has 0 radical (unpaired) electrons. The van der Waals surface area contributed by atoms with Crippen molar-refractivity contribution in [2.75, 3.05) is 0 Å². The zero-order chi connectivity index (χ0) is 10.6. The SMILES string of the molecule is N#CCc1nc(CCC(F)(F)F)no1. The molecule has 0 bridgehead atoms. The lowest BCUT2D eigenvalue weighted by atomic mass is 10.3. The normalized spacial score (nSPS) is 11.3. The van der Waals surface area contributed by atoms with Gasteiger partial charge in [0.2, 0.25) is 5.89 Å². The van der Waals surface area contributed by atoms with Crippen LogP contribution in [0.3, 0.4) is 0 Å². The highest BCUT2D eigenvalue weighted by Gasteiger charge is 2.27. The minimum absolute atomic E-state index is 0.0208. The highest BCUT2D eigenvalue weighted by atomic mass is 19.4. The molecular formula is C7H6F3N3O. The molecule has 1 rings (SSSR count). The summed E-state index contributed by atoms with van der Waals surface area (Å²) < 4.78 is 39.8. The van der Waals surface area contributed by atoms with Crippen molar-refractivity contribution in [3.8, 4) is 6.07 Å². The maximum atomic E-state index is 11.8. The fraction of sp³-hybridized carbons (Fsp3) is 0.571. The van der Waals surface area contributed by atoms with E-state index in [9.17, 15) is 13.2 Å². The molecule has 0 atom stereocenters. The van der Waals surface area contributed by atoms with Crippen molar-refractivity contribution in [3.05, 3.63) is 11.7 Å². The van der Waals surface area contributed by atoms with Gasteiger partial charge in [0, 0.05) is 6.42 Å². The van der Waals surface area contributed by atoms with Crippen molar-refractivity contribution >= 4 is 0 Å². The molecule has 14 heavy (non-hydrogen) atoms. The third kappa shape index (κ3) is 3.43. The number of hydrogen-bond acceptors (Lipinski definition) is 4. The van der Waals surface area contributed by atoms with Crippen LogP contribution in [0.5, 0.6) is 0 Å². The van der Waals surface area contributed by atoms with Crippen molar-refractivity contribution in [2.45, 2.75) is 25.4 Å². The molecule has 1 heterocycles. The fourth-order valence-electron chi connectivity index (χ4n) is 0.785. The van der Waals surface area contributed by atoms with Gasteiger partial charge in [0.05, 0.1) is 12.5 Å². The maximum absolute atomic E-state index is 11.8. The smallest absolute Gasteiger partial charge is 0.338 e. The Morgan fingerprint density at radius 1 is 1.43 bits per heavy atom. The summed E-state index contributed by atoms with van der Waals surface area (Å²) in [5, 5.41) is 11.5. The van der Waals surface area contributed by atoms with Crippen molar-refractivity contribution in [2.24, 2.45) is 0 Å². The van der Waals surface area contributed by atoms with Gasteiger partial charge in [-0.05, 0) is 0 Å². The average molecular weight is 205 g/mol. The minimum Gasteiger partial charge on any atom is -0.338 e. The van der Waals surface area contributed by atoms with E-state index in [-0.39, 0.29) is 24.6 Å². The first kappa shape index (κ1) is 10.5. The van der Waals surface area contributed by atoms with E-state index in [1.54, 1.807) is 6.07 Å². The van der Waals surface area contributed by atoms with Gasteiger partial charge in [0.25, 0.3) is 0 Å². The first-order valence-corrected chi connectivity index (χ1v) is 3.76. The van der Waals surface area contributed by atoms with E-state index in [1.807, 2.05) is 0 Å². The van der Waals surface area contributed by atoms with Crippen molar-refractivity contribution in [1.82, 2.24) is 10.1 Å². The van der Waals surface area contributed by atoms with Crippen molar-refractivity contribution in [1.29, 1.82) is 5.26 Å². The number of hydrogen-bond donors (Lipinski definition) is 0. The van der Waals surface area contributed by atoms with Gasteiger partial charge < -0.3 is 4.52 Å². The Morgan fingerprint density at radius 3 is 2.71 bits per heavy atom. The largest absolute Gasteiger partial charge is 0.389 e. The number of aryl methyl sites for hydroxylation is 1. The summed E-state index contributed by atoms with van der Waals surface area (Å²) in [6.45, 7) is 0. The van der Waals surface area contributed by atoms with Gasteiger partial charge in [-0.3, -0.25) is 0 Å². The predicted octanol–water partition coefficient (Wildman–Crippen LogP) is 1.63. The second-order valence-electron chi connectivity index (χ2n) is 2.55. The average Bonchev–Trinajstić information content (AvgIpc) is 2.49. The molecule has 0 spiro atoms. The Labute approximate surface area is 77.3 Å². The number of rotatable bonds is 3. The van der Waals surface area contributed by atoms with Crippen LogP contribution in [0.2, 0.25) is 0 Å². The summed E-state index contributed by atoms with van der Waals surface area (Å²) in [5.74, 6) is 0.0252. The van der Waals surface area contributed by atoms with Crippen molar-refractivity contribution in [3.63, 3.8) is 0 Å². The lowest BCUT2D eigenvalue weighted by Gasteiger charge is -2.01. The van der Waals surface area contributed by atoms with Gasteiger partial charge in [-0.1, -0.05) is 5.16 Å². The third-order valence-electron chi connectivity index (χ3n) is 1.37. The summed E-state index contributed by atoms with van der Waals surface area (Å²) in [6.07, 6.45) is -5.62. The lowest BCUT2D eigenvalue weighted by Crippen LogP contribution is -2.09. The number of nitriles is 1. The predicted molar refractivity (Wildman–Crippen MR) is 38.0 cm³/mol. The van der Waals surface area contributed by atoms with E-state index in [4.69, 9.17) is 5.26 Å². The molecule has 0 aromatic carbocycles. The van der Waals surface area contributed by atoms with Crippen LogP contribution in [0.15, 0.2) is 4.52 Å². The summed E-state index contributed by atoms with van der Waals surface area (Å²) in [5.41, 5.74) is 0. The Morgan fingerprint density at radius 2 is 2.14 bits per heavy atom. The molecule has 7 heteroatoms. The van der Waals surface area contributed by atoms with Crippen molar-refractivity contribution < 1.29 is 17.7 Å². The number of halogens is 3. The number of alkyl halides is 3. The van der Waals surface area contributed by atoms with Crippen LogP contribution in [-0.2, 0) is 12.8 Å². The summed E-state index contributed by atoms with van der Waals surface area (Å²) in [4.78, 5) is 3.60. The van der Waals surface area contributed by atoms with E-state index in [2.05, 4.69) is 14.7 Å². The van der Waals surface area contributed by atoms with Gasteiger partial charge >= 0.3 is 6.18 Å². The van der Waals surface area contributed by atoms with E-state index in [1.165, 1.54) is 0 Å². The van der Waals surface area contributed by atoms with Crippen LogP contribution < -0.4 is 0 Å². The molecule has 1 aromatic heterocycles. The summed E-state index contributed by atoms with van der Waals surface area (Å²) in [6, 6.07) is 1.75. The fourth-order valence-corrected chi connectivity index (χ4v) is 0.785. The van der Waals surface area contributed by atoms with E-state index >= 15 is 0 Å². The highest BCUT2D eigenvalue weighted by molar-refractivity contribution is 4.93. The van der Waals surface area contributed by atoms with Crippen LogP contribution in [-0.4, -0.2) is 16.3 Å². The highest BCUT2D eigenvalue weighted by Crippen LogP contribution is 2.21. The summed E-state index contributed by atoms with van der Waals surface area (Å²) in [7, 11) is 0. The van der Waals surface area contributed by atoms with E-state index < -0.39 is 12.6 Å². The molecule has 1 aromatic rings. The maximum Gasteiger partial charge on any atom is 0.389 e. The van der Waals surface area contributed by atoms with Crippen LogP contribution in [0.4, 0.5) is 13.2 Å². The first-order valence-electron chi connectivity index (χ1n) is 3.76. The van der Waals surface area contributed by atoms with Gasteiger partial charge in [-0.15, -0.1) is 0 Å². The summed E-state index contributed by atoms with van der Waals surface area (Å²) >= 11 is 0.